The van der Waals surface area contributed by atoms with E-state index in [-0.39, 0.29) is 11.0 Å². The third kappa shape index (κ3) is 4.71. The molecule has 0 fully saturated rings. The summed E-state index contributed by atoms with van der Waals surface area (Å²) in [4.78, 5) is 17.3. The number of guanidine groups is 1. The molecule has 3 aromatic carbocycles. The summed E-state index contributed by atoms with van der Waals surface area (Å²) >= 11 is 11.8. The van der Waals surface area contributed by atoms with E-state index in [1.807, 2.05) is 24.3 Å². The maximum Gasteiger partial charge on any atom is 0.257 e. The fraction of sp³-hybridized carbons (Fsp3) is 0.0476. The minimum absolute atomic E-state index is 0.118. The Balaban J connectivity index is 1.64. The fourth-order valence-corrected chi connectivity index (χ4v) is 3.29. The Morgan fingerprint density at radius 3 is 2.53 bits per heavy atom. The molecule has 0 bridgehead atoms. The van der Waals surface area contributed by atoms with Crippen LogP contribution in [0.25, 0.3) is 0 Å². The van der Waals surface area contributed by atoms with E-state index >= 15 is 0 Å². The highest BCUT2D eigenvalue weighted by Gasteiger charge is 2.22. The monoisotopic (exact) mass is 443 g/mol. The number of para-hydroxylation sites is 1. The van der Waals surface area contributed by atoms with Crippen molar-refractivity contribution in [2.24, 2.45) is 4.99 Å². The lowest BCUT2D eigenvalue weighted by atomic mass is 10.1. The highest BCUT2D eigenvalue weighted by molar-refractivity contribution is 6.31. The number of fused-ring (bicyclic) bond motifs is 1. The molecule has 0 radical (unpaired) electrons. The quantitative estimate of drug-likeness (QED) is 0.340. The molecular weight excluding hydrogens is 428 g/mol. The number of rotatable bonds is 3. The summed E-state index contributed by atoms with van der Waals surface area (Å²) in [5.41, 5.74) is 8.58. The topological polar surface area (TPSA) is 77.5 Å². The summed E-state index contributed by atoms with van der Waals surface area (Å²) in [5, 5.41) is 6.39. The van der Waals surface area contributed by atoms with Crippen molar-refractivity contribution in [3.05, 3.63) is 93.7 Å². The molecule has 1 amide bonds. The molecule has 1 atom stereocenters. The Kier molecular flexibility index (Phi) is 5.85. The van der Waals surface area contributed by atoms with Gasteiger partial charge < -0.3 is 10.7 Å². The number of nitrogens with zero attached hydrogens (tertiary/aromatic N) is 1. The van der Waals surface area contributed by atoms with Gasteiger partial charge in [0.25, 0.3) is 5.91 Å². The van der Waals surface area contributed by atoms with Crippen LogP contribution in [-0.4, -0.2) is 11.9 Å². The Hall–Kier alpha value is -3.13. The molecule has 30 heavy (non-hydrogen) atoms. The van der Waals surface area contributed by atoms with Crippen LogP contribution in [0.15, 0.2) is 71.7 Å². The van der Waals surface area contributed by atoms with Gasteiger partial charge in [0.2, 0.25) is 5.96 Å². The second kappa shape index (κ2) is 8.71. The van der Waals surface area contributed by atoms with Crippen molar-refractivity contribution in [1.29, 1.82) is 0 Å². The van der Waals surface area contributed by atoms with E-state index in [2.05, 4.69) is 26.5 Å². The predicted molar refractivity (Wildman–Crippen MR) is 117 cm³/mol. The zero-order chi connectivity index (χ0) is 21.1. The fourth-order valence-electron chi connectivity index (χ4n) is 2.94. The van der Waals surface area contributed by atoms with Gasteiger partial charge in [-0.2, -0.15) is 0 Å². The van der Waals surface area contributed by atoms with Crippen LogP contribution in [0.1, 0.15) is 22.1 Å². The van der Waals surface area contributed by atoms with Gasteiger partial charge in [-0.25, -0.2) is 14.8 Å². The van der Waals surface area contributed by atoms with Crippen molar-refractivity contribution in [3.63, 3.8) is 0 Å². The van der Waals surface area contributed by atoms with Crippen molar-refractivity contribution in [2.45, 2.75) is 6.17 Å². The summed E-state index contributed by atoms with van der Waals surface area (Å²) in [6, 6.07) is 18.0. The zero-order valence-electron chi connectivity index (χ0n) is 15.4. The van der Waals surface area contributed by atoms with E-state index in [0.29, 0.717) is 16.3 Å². The average molecular weight is 444 g/mol. The lowest BCUT2D eigenvalue weighted by molar-refractivity contribution is 0.0977. The molecule has 9 heteroatoms. The minimum Gasteiger partial charge on any atom is -0.326 e. The normalized spacial score (nSPS) is 15.3. The molecule has 0 saturated heterocycles. The van der Waals surface area contributed by atoms with Crippen molar-refractivity contribution < 1.29 is 9.18 Å². The number of carbonyl (C=O) groups is 1. The van der Waals surface area contributed by atoms with Gasteiger partial charge in [-0.3, -0.25) is 10.1 Å². The second-order valence-corrected chi connectivity index (χ2v) is 7.35. The third-order valence-electron chi connectivity index (χ3n) is 4.32. The summed E-state index contributed by atoms with van der Waals surface area (Å²) < 4.78 is 13.8. The summed E-state index contributed by atoms with van der Waals surface area (Å²) in [7, 11) is 0. The van der Waals surface area contributed by atoms with Gasteiger partial charge in [-0.15, -0.1) is 0 Å². The first kappa shape index (κ1) is 20.2. The van der Waals surface area contributed by atoms with E-state index in [4.69, 9.17) is 23.2 Å². The van der Waals surface area contributed by atoms with Crippen LogP contribution in [-0.2, 0) is 0 Å². The van der Waals surface area contributed by atoms with Crippen LogP contribution in [0, 0.1) is 5.82 Å². The standard InChI is InChI=1S/C21H16Cl2FN5O/c22-13-7-5-12(6-8-13)20(30)27-21(25-16-10-14(23)9-15(24)11-16)26-19-17-3-1-2-4-18(17)28-29-19/h1-11,19,28-29H,(H2,25,26,27,30). The number of amides is 1. The van der Waals surface area contributed by atoms with Gasteiger partial charge in [-0.05, 0) is 48.5 Å². The van der Waals surface area contributed by atoms with Crippen molar-refractivity contribution >= 4 is 46.4 Å². The maximum absolute atomic E-state index is 13.8. The van der Waals surface area contributed by atoms with Gasteiger partial charge >= 0.3 is 0 Å². The summed E-state index contributed by atoms with van der Waals surface area (Å²) in [6.07, 6.45) is -0.474. The molecule has 4 rings (SSSR count). The van der Waals surface area contributed by atoms with E-state index in [1.165, 1.54) is 18.2 Å². The predicted octanol–water partition coefficient (Wildman–Crippen LogP) is 4.96. The van der Waals surface area contributed by atoms with Crippen LogP contribution in [0.3, 0.4) is 0 Å². The zero-order valence-corrected chi connectivity index (χ0v) is 16.9. The van der Waals surface area contributed by atoms with Crippen molar-refractivity contribution in [3.8, 4) is 0 Å². The molecule has 1 aliphatic heterocycles. The minimum atomic E-state index is -0.514. The molecule has 0 aromatic heterocycles. The Bertz CT molecular complexity index is 1100. The Labute approximate surface area is 182 Å². The number of benzene rings is 3. The van der Waals surface area contributed by atoms with Crippen LogP contribution >= 0.6 is 23.2 Å². The smallest absolute Gasteiger partial charge is 0.257 e. The first-order valence-electron chi connectivity index (χ1n) is 8.96. The molecule has 152 valence electrons. The largest absolute Gasteiger partial charge is 0.326 e. The number of hydrazine groups is 1. The molecule has 1 aliphatic rings. The van der Waals surface area contributed by atoms with E-state index in [9.17, 15) is 9.18 Å². The van der Waals surface area contributed by atoms with Crippen LogP contribution < -0.4 is 21.5 Å². The van der Waals surface area contributed by atoms with E-state index in [1.54, 1.807) is 24.3 Å². The van der Waals surface area contributed by atoms with Gasteiger partial charge in [0, 0.05) is 26.9 Å². The lowest BCUT2D eigenvalue weighted by Crippen LogP contribution is -2.37. The van der Waals surface area contributed by atoms with Gasteiger partial charge in [-0.1, -0.05) is 41.4 Å². The SMILES string of the molecule is O=C(NC(=NC1NNc2ccccc21)Nc1cc(F)cc(Cl)c1)c1ccc(Cl)cc1. The number of nitrogens with one attached hydrogen (secondary N) is 4. The van der Waals surface area contributed by atoms with Crippen molar-refractivity contribution in [1.82, 2.24) is 10.7 Å². The van der Waals surface area contributed by atoms with Gasteiger partial charge in [0.15, 0.2) is 0 Å². The maximum atomic E-state index is 13.8. The molecule has 1 unspecified atom stereocenters. The van der Waals surface area contributed by atoms with Crippen LogP contribution in [0.2, 0.25) is 10.0 Å². The molecule has 6 nitrogen and oxygen atoms in total. The Morgan fingerprint density at radius 2 is 1.77 bits per heavy atom. The van der Waals surface area contributed by atoms with E-state index < -0.39 is 17.9 Å². The number of anilines is 2. The summed E-state index contributed by atoms with van der Waals surface area (Å²) in [5.74, 6) is -0.799. The highest BCUT2D eigenvalue weighted by Crippen LogP contribution is 2.28. The lowest BCUT2D eigenvalue weighted by Gasteiger charge is -2.15. The van der Waals surface area contributed by atoms with Gasteiger partial charge in [0.1, 0.15) is 12.0 Å². The van der Waals surface area contributed by atoms with Crippen molar-refractivity contribution in [2.75, 3.05) is 10.7 Å². The highest BCUT2D eigenvalue weighted by atomic mass is 35.5. The van der Waals surface area contributed by atoms with Gasteiger partial charge in [0.05, 0.1) is 5.69 Å². The molecule has 1 heterocycles. The first-order valence-corrected chi connectivity index (χ1v) is 9.72. The molecule has 0 saturated carbocycles. The molecular formula is C21H16Cl2FN5O. The number of halogens is 3. The van der Waals surface area contributed by atoms with Crippen LogP contribution in [0.5, 0.6) is 0 Å². The molecule has 3 aromatic rings. The average Bonchev–Trinajstić information content (AvgIpc) is 3.10. The van der Waals surface area contributed by atoms with E-state index in [0.717, 1.165) is 11.3 Å². The number of hydrogen-bond acceptors (Lipinski definition) is 4. The second-order valence-electron chi connectivity index (χ2n) is 6.48. The Morgan fingerprint density at radius 1 is 1.00 bits per heavy atom. The number of aliphatic imine (C=N–C) groups is 1. The molecule has 0 aliphatic carbocycles. The molecule has 4 N–H and O–H groups in total. The molecule has 0 spiro atoms. The van der Waals surface area contributed by atoms with Crippen LogP contribution in [0.4, 0.5) is 15.8 Å². The number of hydrogen-bond donors (Lipinski definition) is 4. The third-order valence-corrected chi connectivity index (χ3v) is 4.79. The number of carbonyl (C=O) groups excluding carboxylic acids is 1. The first-order chi connectivity index (χ1) is 14.5. The summed E-state index contributed by atoms with van der Waals surface area (Å²) in [6.45, 7) is 0.